The van der Waals surface area contributed by atoms with E-state index in [4.69, 9.17) is 4.74 Å². The Bertz CT molecular complexity index is 175. The molecule has 0 fully saturated rings. The lowest BCUT2D eigenvalue weighted by Crippen LogP contribution is -2.23. The highest BCUT2D eigenvalue weighted by atomic mass is 16.5. The summed E-state index contributed by atoms with van der Waals surface area (Å²) in [7, 11) is 0. The summed E-state index contributed by atoms with van der Waals surface area (Å²) in [6.45, 7) is 10.3. The highest BCUT2D eigenvalue weighted by Gasteiger charge is 2.22. The molecule has 1 unspecified atom stereocenters. The molecule has 13 heavy (non-hydrogen) atoms. The molecule has 0 aromatic carbocycles. The highest BCUT2D eigenvalue weighted by Crippen LogP contribution is 2.27. The number of hydrogen-bond donors (Lipinski definition) is 0. The van der Waals surface area contributed by atoms with Gasteiger partial charge in [-0.15, -0.1) is 0 Å². The number of carbonyl (C=O) groups is 1. The molecule has 0 heterocycles. The number of carbonyl (C=O) groups excluding carboxylic acids is 1. The Kier molecular flexibility index (Phi) is 5.44. The molecule has 0 aliphatic heterocycles. The zero-order valence-corrected chi connectivity index (χ0v) is 8.93. The first kappa shape index (κ1) is 12.2. The van der Waals surface area contributed by atoms with Crippen LogP contribution in [0.4, 0.5) is 0 Å². The predicted molar refractivity (Wildman–Crippen MR) is 54.5 cm³/mol. The summed E-state index contributed by atoms with van der Waals surface area (Å²) in [6.07, 6.45) is 4.46. The third-order valence-corrected chi connectivity index (χ3v) is 2.44. The molecule has 0 rings (SSSR count). The zero-order chi connectivity index (χ0) is 10.3. The van der Waals surface area contributed by atoms with Crippen LogP contribution in [0, 0.1) is 5.41 Å². The minimum atomic E-state index is -0.323. The molecule has 0 radical (unpaired) electrons. The van der Waals surface area contributed by atoms with Crippen LogP contribution >= 0.6 is 0 Å². The van der Waals surface area contributed by atoms with Crippen molar-refractivity contribution in [2.24, 2.45) is 5.41 Å². The maximum absolute atomic E-state index is 10.8. The smallest absolute Gasteiger partial charge is 0.330 e. The average Bonchev–Trinajstić information content (AvgIpc) is 2.15. The summed E-state index contributed by atoms with van der Waals surface area (Å²) in [5.41, 5.74) is 0.132. The van der Waals surface area contributed by atoms with E-state index in [2.05, 4.69) is 27.4 Å². The molecule has 76 valence electrons. The molecular formula is C11H20O2. The van der Waals surface area contributed by atoms with Crippen LogP contribution < -0.4 is 0 Å². The van der Waals surface area contributed by atoms with Crippen LogP contribution in [0.1, 0.15) is 40.0 Å². The van der Waals surface area contributed by atoms with E-state index in [0.717, 1.165) is 19.3 Å². The first-order valence-electron chi connectivity index (χ1n) is 4.87. The molecule has 0 N–H and O–H groups in total. The fraction of sp³-hybridized carbons (Fsp3) is 0.727. The first-order valence-corrected chi connectivity index (χ1v) is 4.87. The molecule has 0 saturated heterocycles. The minimum absolute atomic E-state index is 0.132. The van der Waals surface area contributed by atoms with Gasteiger partial charge in [0.2, 0.25) is 0 Å². The van der Waals surface area contributed by atoms with Gasteiger partial charge in [-0.25, -0.2) is 4.79 Å². The Morgan fingerprint density at radius 1 is 1.54 bits per heavy atom. The Hall–Kier alpha value is -0.790. The Morgan fingerprint density at radius 2 is 2.15 bits per heavy atom. The standard InChI is InChI=1S/C11H20O2/c1-5-8-11(4,7-3)9-13-10(12)6-2/h6H,2,5,7-9H2,1,3-4H3. The van der Waals surface area contributed by atoms with Crippen LogP contribution in [0.5, 0.6) is 0 Å². The van der Waals surface area contributed by atoms with Crippen LogP contribution in [-0.2, 0) is 9.53 Å². The van der Waals surface area contributed by atoms with Crippen molar-refractivity contribution in [2.75, 3.05) is 6.61 Å². The van der Waals surface area contributed by atoms with Crippen molar-refractivity contribution in [3.05, 3.63) is 12.7 Å². The largest absolute Gasteiger partial charge is 0.462 e. The SMILES string of the molecule is C=CC(=O)OCC(C)(CC)CCC. The fourth-order valence-corrected chi connectivity index (χ4v) is 1.26. The van der Waals surface area contributed by atoms with E-state index in [1.807, 2.05) is 0 Å². The monoisotopic (exact) mass is 184 g/mol. The average molecular weight is 184 g/mol. The van der Waals surface area contributed by atoms with Crippen LogP contribution in [0.15, 0.2) is 12.7 Å². The van der Waals surface area contributed by atoms with E-state index in [0.29, 0.717) is 6.61 Å². The molecule has 1 atom stereocenters. The summed E-state index contributed by atoms with van der Waals surface area (Å²) >= 11 is 0. The van der Waals surface area contributed by atoms with Gasteiger partial charge in [0.25, 0.3) is 0 Å². The molecule has 0 amide bonds. The third-order valence-electron chi connectivity index (χ3n) is 2.44. The molecular weight excluding hydrogens is 164 g/mol. The van der Waals surface area contributed by atoms with Gasteiger partial charge in [-0.2, -0.15) is 0 Å². The molecule has 0 saturated carbocycles. The molecule has 0 aromatic heterocycles. The van der Waals surface area contributed by atoms with Gasteiger partial charge >= 0.3 is 5.97 Å². The van der Waals surface area contributed by atoms with Gasteiger partial charge < -0.3 is 4.74 Å². The molecule has 0 bridgehead atoms. The predicted octanol–water partition coefficient (Wildman–Crippen LogP) is 2.93. The highest BCUT2D eigenvalue weighted by molar-refractivity contribution is 5.81. The number of hydrogen-bond acceptors (Lipinski definition) is 2. The van der Waals surface area contributed by atoms with Crippen molar-refractivity contribution < 1.29 is 9.53 Å². The zero-order valence-electron chi connectivity index (χ0n) is 8.93. The van der Waals surface area contributed by atoms with Gasteiger partial charge in [0.15, 0.2) is 0 Å². The van der Waals surface area contributed by atoms with Gasteiger partial charge in [-0.05, 0) is 12.8 Å². The fourth-order valence-electron chi connectivity index (χ4n) is 1.26. The second-order valence-corrected chi connectivity index (χ2v) is 3.73. The Labute approximate surface area is 81.0 Å². The molecule has 2 nitrogen and oxygen atoms in total. The van der Waals surface area contributed by atoms with E-state index in [1.165, 1.54) is 6.08 Å². The first-order chi connectivity index (χ1) is 6.08. The lowest BCUT2D eigenvalue weighted by Gasteiger charge is -2.26. The second kappa shape index (κ2) is 5.79. The summed E-state index contributed by atoms with van der Waals surface area (Å²) in [5.74, 6) is -0.323. The van der Waals surface area contributed by atoms with Gasteiger partial charge in [-0.3, -0.25) is 0 Å². The topological polar surface area (TPSA) is 26.3 Å². The van der Waals surface area contributed by atoms with E-state index in [1.54, 1.807) is 0 Å². The Balaban J connectivity index is 3.96. The van der Waals surface area contributed by atoms with Crippen molar-refractivity contribution in [1.29, 1.82) is 0 Å². The maximum Gasteiger partial charge on any atom is 0.330 e. The summed E-state index contributed by atoms with van der Waals surface area (Å²) in [5, 5.41) is 0. The molecule has 0 spiro atoms. The molecule has 0 aliphatic carbocycles. The van der Waals surface area contributed by atoms with Gasteiger partial charge in [0.05, 0.1) is 6.61 Å². The second-order valence-electron chi connectivity index (χ2n) is 3.73. The quantitative estimate of drug-likeness (QED) is 0.468. The van der Waals surface area contributed by atoms with Crippen molar-refractivity contribution >= 4 is 5.97 Å². The van der Waals surface area contributed by atoms with E-state index in [-0.39, 0.29) is 11.4 Å². The number of ether oxygens (including phenoxy) is 1. The maximum atomic E-state index is 10.8. The van der Waals surface area contributed by atoms with E-state index >= 15 is 0 Å². The summed E-state index contributed by atoms with van der Waals surface area (Å²) in [6, 6.07) is 0. The number of esters is 1. The van der Waals surface area contributed by atoms with Gasteiger partial charge in [-0.1, -0.05) is 33.8 Å². The van der Waals surface area contributed by atoms with Crippen LogP contribution in [0.2, 0.25) is 0 Å². The normalized spacial score (nSPS) is 14.7. The van der Waals surface area contributed by atoms with Crippen molar-refractivity contribution in [2.45, 2.75) is 40.0 Å². The van der Waals surface area contributed by atoms with Crippen molar-refractivity contribution in [3.8, 4) is 0 Å². The third kappa shape index (κ3) is 4.71. The van der Waals surface area contributed by atoms with Crippen molar-refractivity contribution in [1.82, 2.24) is 0 Å². The molecule has 2 heteroatoms. The van der Waals surface area contributed by atoms with Crippen LogP contribution in [0.25, 0.3) is 0 Å². The van der Waals surface area contributed by atoms with Crippen LogP contribution in [0.3, 0.4) is 0 Å². The van der Waals surface area contributed by atoms with Crippen molar-refractivity contribution in [3.63, 3.8) is 0 Å². The minimum Gasteiger partial charge on any atom is -0.462 e. The van der Waals surface area contributed by atoms with E-state index in [9.17, 15) is 4.79 Å². The Morgan fingerprint density at radius 3 is 2.54 bits per heavy atom. The van der Waals surface area contributed by atoms with Crippen LogP contribution in [-0.4, -0.2) is 12.6 Å². The number of rotatable bonds is 6. The molecule has 0 aliphatic rings. The molecule has 0 aromatic rings. The van der Waals surface area contributed by atoms with E-state index < -0.39 is 0 Å². The van der Waals surface area contributed by atoms with Gasteiger partial charge in [0, 0.05) is 11.5 Å². The van der Waals surface area contributed by atoms with Gasteiger partial charge in [0.1, 0.15) is 0 Å². The summed E-state index contributed by atoms with van der Waals surface area (Å²) in [4.78, 5) is 10.8. The summed E-state index contributed by atoms with van der Waals surface area (Å²) < 4.78 is 5.04. The lowest BCUT2D eigenvalue weighted by atomic mass is 9.84. The lowest BCUT2D eigenvalue weighted by molar-refractivity contribution is -0.141.